The molecule has 2 aliphatic carbocycles. The smallest absolute Gasteiger partial charge is 0.164 e. The van der Waals surface area contributed by atoms with Crippen molar-refractivity contribution in [3.63, 3.8) is 0 Å². The molecule has 0 radical (unpaired) electrons. The highest BCUT2D eigenvalue weighted by Gasteiger charge is 2.40. The Morgan fingerprint density at radius 3 is 2.75 bits per heavy atom. The molecule has 1 fully saturated rings. The summed E-state index contributed by atoms with van der Waals surface area (Å²) in [5, 5.41) is 0. The predicted molar refractivity (Wildman–Crippen MR) is 63.9 cm³/mol. The molecule has 1 atom stereocenters. The summed E-state index contributed by atoms with van der Waals surface area (Å²) >= 11 is 0. The van der Waals surface area contributed by atoms with Crippen LogP contribution in [0.3, 0.4) is 0 Å². The van der Waals surface area contributed by atoms with Gasteiger partial charge in [-0.1, -0.05) is 13.8 Å². The first-order valence-electron chi connectivity index (χ1n) is 5.96. The molecule has 2 heteroatoms. The van der Waals surface area contributed by atoms with Crippen molar-refractivity contribution in [2.45, 2.75) is 40.0 Å². The van der Waals surface area contributed by atoms with E-state index in [0.29, 0.717) is 11.7 Å². The summed E-state index contributed by atoms with van der Waals surface area (Å²) in [6.45, 7) is 6.18. The van der Waals surface area contributed by atoms with Gasteiger partial charge in [0.2, 0.25) is 0 Å². The normalized spacial score (nSPS) is 28.6. The van der Waals surface area contributed by atoms with Gasteiger partial charge in [-0.15, -0.1) is 0 Å². The lowest BCUT2D eigenvalue weighted by Crippen LogP contribution is -2.35. The summed E-state index contributed by atoms with van der Waals surface area (Å²) in [6, 6.07) is 0. The summed E-state index contributed by atoms with van der Waals surface area (Å²) in [5.74, 6) is 1.63. The molecule has 0 aromatic rings. The van der Waals surface area contributed by atoms with Gasteiger partial charge < -0.3 is 4.74 Å². The van der Waals surface area contributed by atoms with Crippen LogP contribution < -0.4 is 0 Å². The Labute approximate surface area is 97.4 Å². The summed E-state index contributed by atoms with van der Waals surface area (Å²) in [4.78, 5) is 12.3. The lowest BCUT2D eigenvalue weighted by molar-refractivity contribution is -0.125. The minimum Gasteiger partial charge on any atom is -0.497 e. The van der Waals surface area contributed by atoms with E-state index in [4.69, 9.17) is 4.74 Å². The number of Topliss-reactive ketones (excluding diaryl/α,β-unsaturated/α-hetero) is 1. The van der Waals surface area contributed by atoms with Gasteiger partial charge in [0, 0.05) is 11.0 Å². The zero-order chi connectivity index (χ0) is 11.9. The van der Waals surface area contributed by atoms with Gasteiger partial charge in [-0.05, 0) is 43.8 Å². The van der Waals surface area contributed by atoms with Crippen LogP contribution in [0.1, 0.15) is 40.0 Å². The van der Waals surface area contributed by atoms with Crippen LogP contribution >= 0.6 is 0 Å². The van der Waals surface area contributed by atoms with Crippen LogP contribution in [-0.2, 0) is 9.53 Å². The summed E-state index contributed by atoms with van der Waals surface area (Å²) in [6.07, 6.45) is 5.08. The molecule has 88 valence electrons. The molecule has 0 heterocycles. The van der Waals surface area contributed by atoms with Crippen molar-refractivity contribution in [2.75, 3.05) is 7.11 Å². The maximum absolute atomic E-state index is 12.3. The van der Waals surface area contributed by atoms with E-state index >= 15 is 0 Å². The van der Waals surface area contributed by atoms with Gasteiger partial charge >= 0.3 is 0 Å². The zero-order valence-electron chi connectivity index (χ0n) is 10.6. The topological polar surface area (TPSA) is 26.3 Å². The Bertz CT molecular complexity index is 386. The molecule has 0 amide bonds. The molecule has 2 aliphatic rings. The van der Waals surface area contributed by atoms with Crippen molar-refractivity contribution in [1.29, 1.82) is 0 Å². The van der Waals surface area contributed by atoms with E-state index in [1.54, 1.807) is 7.11 Å². The Morgan fingerprint density at radius 1 is 1.44 bits per heavy atom. The number of rotatable bonds is 1. The first-order valence-corrected chi connectivity index (χ1v) is 5.96. The van der Waals surface area contributed by atoms with E-state index in [0.717, 1.165) is 30.6 Å². The van der Waals surface area contributed by atoms with E-state index in [2.05, 4.69) is 6.92 Å². The number of methoxy groups -OCH3 is 1. The molecule has 0 spiro atoms. The largest absolute Gasteiger partial charge is 0.497 e. The second-order valence-electron chi connectivity index (χ2n) is 5.60. The molecule has 0 aromatic carbocycles. The number of allylic oxidation sites excluding steroid dienone is 3. The van der Waals surface area contributed by atoms with Crippen molar-refractivity contribution in [3.05, 3.63) is 23.0 Å². The fourth-order valence-electron chi connectivity index (χ4n) is 2.74. The van der Waals surface area contributed by atoms with E-state index in [1.165, 1.54) is 5.57 Å². The van der Waals surface area contributed by atoms with Crippen LogP contribution in [0.5, 0.6) is 0 Å². The molecule has 0 aromatic heterocycles. The second-order valence-corrected chi connectivity index (χ2v) is 5.60. The lowest BCUT2D eigenvalue weighted by atomic mass is 9.66. The van der Waals surface area contributed by atoms with Crippen molar-refractivity contribution in [3.8, 4) is 0 Å². The van der Waals surface area contributed by atoms with E-state index < -0.39 is 0 Å². The zero-order valence-corrected chi connectivity index (χ0v) is 10.6. The maximum atomic E-state index is 12.3. The monoisotopic (exact) mass is 220 g/mol. The van der Waals surface area contributed by atoms with Crippen molar-refractivity contribution in [2.24, 2.45) is 11.3 Å². The quantitative estimate of drug-likeness (QED) is 0.678. The average Bonchev–Trinajstić information content (AvgIpc) is 2.24. The Kier molecular flexibility index (Phi) is 2.69. The van der Waals surface area contributed by atoms with E-state index in [9.17, 15) is 4.79 Å². The molecule has 0 saturated heterocycles. The van der Waals surface area contributed by atoms with Crippen molar-refractivity contribution in [1.82, 2.24) is 0 Å². The number of hydrogen-bond donors (Lipinski definition) is 0. The average molecular weight is 220 g/mol. The number of fused-ring (bicyclic) bond motifs is 1. The number of hydrogen-bond acceptors (Lipinski definition) is 2. The van der Waals surface area contributed by atoms with Gasteiger partial charge in [-0.25, -0.2) is 0 Å². The molecule has 1 unspecified atom stereocenters. The minimum absolute atomic E-state index is 0.188. The number of carbonyl (C=O) groups is 1. The summed E-state index contributed by atoms with van der Waals surface area (Å²) in [7, 11) is 1.68. The van der Waals surface area contributed by atoms with E-state index in [-0.39, 0.29) is 5.41 Å². The standard InChI is InChI=1S/C14H20O2/c1-9-7-10-5-6-14(2,3)13(15)11(10)8-12(9)16-4/h8,10H,5-7H2,1-4H3. The summed E-state index contributed by atoms with van der Waals surface area (Å²) in [5.41, 5.74) is 2.06. The van der Waals surface area contributed by atoms with Gasteiger partial charge in [0.25, 0.3) is 0 Å². The van der Waals surface area contributed by atoms with Crippen molar-refractivity contribution >= 4 is 5.78 Å². The minimum atomic E-state index is -0.188. The molecule has 16 heavy (non-hydrogen) atoms. The van der Waals surface area contributed by atoms with Crippen LogP contribution in [0.2, 0.25) is 0 Å². The van der Waals surface area contributed by atoms with Gasteiger partial charge in [-0.2, -0.15) is 0 Å². The molecule has 1 saturated carbocycles. The first-order chi connectivity index (χ1) is 7.45. The number of ketones is 1. The molecular weight excluding hydrogens is 200 g/mol. The van der Waals surface area contributed by atoms with Gasteiger partial charge in [0.1, 0.15) is 5.76 Å². The Hall–Kier alpha value is -1.05. The number of ether oxygens (including phenoxy) is 1. The first kappa shape index (κ1) is 11.4. The molecule has 0 N–H and O–H groups in total. The molecular formula is C14H20O2. The molecule has 2 nitrogen and oxygen atoms in total. The maximum Gasteiger partial charge on any atom is 0.164 e. The molecule has 0 bridgehead atoms. The lowest BCUT2D eigenvalue weighted by Gasteiger charge is -2.37. The third-order valence-corrected chi connectivity index (χ3v) is 3.91. The second kappa shape index (κ2) is 3.76. The molecule has 2 rings (SSSR count). The Balaban J connectivity index is 2.38. The van der Waals surface area contributed by atoms with Crippen molar-refractivity contribution < 1.29 is 9.53 Å². The third-order valence-electron chi connectivity index (χ3n) is 3.91. The number of carbonyl (C=O) groups excluding carboxylic acids is 1. The fraction of sp³-hybridized carbons (Fsp3) is 0.643. The fourth-order valence-corrected chi connectivity index (χ4v) is 2.74. The van der Waals surface area contributed by atoms with Crippen LogP contribution in [0.4, 0.5) is 0 Å². The van der Waals surface area contributed by atoms with E-state index in [1.807, 2.05) is 19.9 Å². The van der Waals surface area contributed by atoms with Crippen LogP contribution in [0, 0.1) is 11.3 Å². The van der Waals surface area contributed by atoms with Crippen LogP contribution in [-0.4, -0.2) is 12.9 Å². The summed E-state index contributed by atoms with van der Waals surface area (Å²) < 4.78 is 5.32. The molecule has 0 aliphatic heterocycles. The highest BCUT2D eigenvalue weighted by Crippen LogP contribution is 2.43. The van der Waals surface area contributed by atoms with Gasteiger partial charge in [0.15, 0.2) is 5.78 Å². The SMILES string of the molecule is COC1=C(C)CC2CCC(C)(C)C(=O)C2=C1. The third kappa shape index (κ3) is 1.70. The van der Waals surface area contributed by atoms with Gasteiger partial charge in [-0.3, -0.25) is 4.79 Å². The van der Waals surface area contributed by atoms with Gasteiger partial charge in [0.05, 0.1) is 7.11 Å². The highest BCUT2D eigenvalue weighted by molar-refractivity contribution is 6.01. The predicted octanol–water partition coefficient (Wildman–Crippen LogP) is 3.24. The van der Waals surface area contributed by atoms with Crippen LogP contribution in [0.15, 0.2) is 23.0 Å². The Morgan fingerprint density at radius 2 is 2.12 bits per heavy atom. The van der Waals surface area contributed by atoms with Crippen LogP contribution in [0.25, 0.3) is 0 Å². The highest BCUT2D eigenvalue weighted by atomic mass is 16.5.